The van der Waals surface area contributed by atoms with Gasteiger partial charge in [-0.2, -0.15) is 15.5 Å². The van der Waals surface area contributed by atoms with E-state index in [1.54, 1.807) is 28.7 Å². The van der Waals surface area contributed by atoms with Crippen LogP contribution in [0.25, 0.3) is 16.6 Å². The molecule has 214 valence electrons. The van der Waals surface area contributed by atoms with E-state index in [1.165, 1.54) is 6.20 Å². The number of rotatable bonds is 7. The number of hydrogen-bond donors (Lipinski definition) is 0. The van der Waals surface area contributed by atoms with Crippen molar-refractivity contribution in [3.63, 3.8) is 0 Å². The molecular weight excluding hydrogens is 527 g/mol. The van der Waals surface area contributed by atoms with Crippen LogP contribution in [0.4, 0.5) is 4.39 Å². The Bertz CT molecular complexity index is 1510. The zero-order valence-electron chi connectivity index (χ0n) is 23.0. The summed E-state index contributed by atoms with van der Waals surface area (Å²) in [5, 5.41) is 18.2. The second-order valence-electron chi connectivity index (χ2n) is 11.0. The van der Waals surface area contributed by atoms with Gasteiger partial charge in [0.1, 0.15) is 29.1 Å². The molecule has 1 atom stereocenters. The largest absolute Gasteiger partial charge is 0.494 e. The highest BCUT2D eigenvalue weighted by Crippen LogP contribution is 2.31. The Morgan fingerprint density at radius 2 is 1.88 bits per heavy atom. The first-order valence-electron chi connectivity index (χ1n) is 14.0. The van der Waals surface area contributed by atoms with Crippen molar-refractivity contribution >= 4 is 17.3 Å². The van der Waals surface area contributed by atoms with Crippen molar-refractivity contribution in [1.29, 1.82) is 5.26 Å². The first kappa shape index (κ1) is 27.0. The van der Waals surface area contributed by atoms with Crippen LogP contribution in [0.3, 0.4) is 0 Å². The van der Waals surface area contributed by atoms with Gasteiger partial charge in [0.2, 0.25) is 11.8 Å². The molecule has 6 rings (SSSR count). The van der Waals surface area contributed by atoms with Crippen LogP contribution >= 0.6 is 0 Å². The number of amides is 2. The number of hydrogen-bond acceptors (Lipinski definition) is 7. The lowest BCUT2D eigenvalue weighted by Gasteiger charge is -2.41. The molecule has 3 aliphatic rings. The fourth-order valence-corrected chi connectivity index (χ4v) is 5.95. The predicted molar refractivity (Wildman–Crippen MR) is 148 cm³/mol. The monoisotopic (exact) mass is 560 g/mol. The molecular formula is C29H33FN8O3. The smallest absolute Gasteiger partial charge is 0.246 e. The van der Waals surface area contributed by atoms with Gasteiger partial charge < -0.3 is 14.5 Å². The van der Waals surface area contributed by atoms with Gasteiger partial charge in [0.25, 0.3) is 0 Å². The molecule has 0 aromatic carbocycles. The lowest BCUT2D eigenvalue weighted by Crippen LogP contribution is -2.57. The molecule has 2 amide bonds. The third-order valence-electron chi connectivity index (χ3n) is 8.38. The molecule has 0 aliphatic carbocycles. The van der Waals surface area contributed by atoms with Crippen LogP contribution in [0, 0.1) is 17.2 Å². The highest BCUT2D eigenvalue weighted by Gasteiger charge is 2.38. The number of ether oxygens (including phenoxy) is 1. The van der Waals surface area contributed by atoms with Crippen molar-refractivity contribution in [2.45, 2.75) is 31.5 Å². The number of likely N-dealkylation sites (tertiary alicyclic amines) is 3. The molecule has 0 unspecified atom stereocenters. The molecule has 0 bridgehead atoms. The van der Waals surface area contributed by atoms with Crippen LogP contribution in [0.15, 0.2) is 43.0 Å². The van der Waals surface area contributed by atoms with Gasteiger partial charge in [0.05, 0.1) is 31.5 Å². The maximum atomic E-state index is 13.3. The maximum Gasteiger partial charge on any atom is 0.246 e. The number of nitriles is 1. The lowest BCUT2D eigenvalue weighted by molar-refractivity contribution is -0.147. The predicted octanol–water partition coefficient (Wildman–Crippen LogP) is 2.30. The fourth-order valence-electron chi connectivity index (χ4n) is 5.95. The molecule has 11 nitrogen and oxygen atoms in total. The van der Waals surface area contributed by atoms with Gasteiger partial charge in [0, 0.05) is 75.4 Å². The number of carbonyl (C=O) groups is 2. The summed E-state index contributed by atoms with van der Waals surface area (Å²) >= 11 is 0. The second-order valence-corrected chi connectivity index (χ2v) is 11.0. The van der Waals surface area contributed by atoms with Crippen molar-refractivity contribution in [2.24, 2.45) is 5.92 Å². The van der Waals surface area contributed by atoms with Crippen molar-refractivity contribution < 1.29 is 18.7 Å². The number of aromatic nitrogens is 4. The Labute approximate surface area is 237 Å². The van der Waals surface area contributed by atoms with E-state index in [1.807, 2.05) is 39.1 Å². The van der Waals surface area contributed by atoms with Crippen LogP contribution in [0.5, 0.6) is 5.75 Å². The standard InChI is InChI=1S/C29H33FN8O3/c1-41-26-11-20(17-38-28(26)21(12-31)13-33-38)22-14-32-37(18-22)25-5-9-35(10-6-25)29(40)23-15-36(16-23)27(39)3-2-7-34-8-4-24(30)19-34/h2-3,11,13-14,17-18,23-25H,4-10,15-16,19H2,1H3/b3-2+/t24-/m0/s1. The highest BCUT2D eigenvalue weighted by molar-refractivity contribution is 5.90. The normalized spacial score (nSPS) is 20.6. The Balaban J connectivity index is 0.995. The van der Waals surface area contributed by atoms with E-state index in [-0.39, 0.29) is 23.8 Å². The van der Waals surface area contributed by atoms with Gasteiger partial charge in [-0.15, -0.1) is 0 Å². The van der Waals surface area contributed by atoms with Gasteiger partial charge in [-0.25, -0.2) is 8.91 Å². The molecule has 3 saturated heterocycles. The molecule has 41 heavy (non-hydrogen) atoms. The number of carbonyl (C=O) groups excluding carboxylic acids is 2. The first-order chi connectivity index (χ1) is 19.9. The minimum Gasteiger partial charge on any atom is -0.494 e. The summed E-state index contributed by atoms with van der Waals surface area (Å²) in [6.07, 6.45) is 11.9. The third kappa shape index (κ3) is 5.41. The van der Waals surface area contributed by atoms with Gasteiger partial charge in [-0.1, -0.05) is 6.08 Å². The van der Waals surface area contributed by atoms with Crippen molar-refractivity contribution in [2.75, 3.05) is 52.9 Å². The molecule has 12 heteroatoms. The number of alkyl halides is 1. The van der Waals surface area contributed by atoms with Crippen molar-refractivity contribution in [3.8, 4) is 22.9 Å². The maximum absolute atomic E-state index is 13.3. The Kier molecular flexibility index (Phi) is 7.45. The topological polar surface area (TPSA) is 112 Å². The van der Waals surface area contributed by atoms with Gasteiger partial charge in [-0.05, 0) is 25.3 Å². The van der Waals surface area contributed by atoms with E-state index in [4.69, 9.17) is 4.74 Å². The molecule has 3 fully saturated rings. The number of pyridine rings is 1. The Hall–Kier alpha value is -4.24. The van der Waals surface area contributed by atoms with Crippen LogP contribution in [0.2, 0.25) is 0 Å². The Morgan fingerprint density at radius 1 is 1.07 bits per heavy atom. The average molecular weight is 561 g/mol. The minimum atomic E-state index is -0.767. The van der Waals surface area contributed by atoms with Crippen LogP contribution in [-0.4, -0.2) is 105 Å². The highest BCUT2D eigenvalue weighted by atomic mass is 19.1. The van der Waals surface area contributed by atoms with E-state index in [2.05, 4.69) is 16.3 Å². The fraction of sp³-hybridized carbons (Fsp3) is 0.483. The van der Waals surface area contributed by atoms with E-state index in [0.717, 1.165) is 30.5 Å². The Morgan fingerprint density at radius 3 is 2.59 bits per heavy atom. The van der Waals surface area contributed by atoms with Crippen molar-refractivity contribution in [3.05, 3.63) is 48.6 Å². The second kappa shape index (κ2) is 11.3. The van der Waals surface area contributed by atoms with E-state index in [9.17, 15) is 19.2 Å². The summed E-state index contributed by atoms with van der Waals surface area (Å²) in [5.74, 6) is 0.440. The third-order valence-corrected chi connectivity index (χ3v) is 8.38. The number of fused-ring (bicyclic) bond motifs is 1. The first-order valence-corrected chi connectivity index (χ1v) is 14.0. The zero-order valence-corrected chi connectivity index (χ0v) is 23.0. The van der Waals surface area contributed by atoms with Gasteiger partial charge in [0.15, 0.2) is 0 Å². The molecule has 0 saturated carbocycles. The van der Waals surface area contributed by atoms with E-state index < -0.39 is 6.17 Å². The summed E-state index contributed by atoms with van der Waals surface area (Å²) in [5.41, 5.74) is 2.88. The number of piperidine rings is 1. The number of nitrogens with zero attached hydrogens (tertiary/aromatic N) is 8. The lowest BCUT2D eigenvalue weighted by atomic mass is 9.96. The quantitative estimate of drug-likeness (QED) is 0.408. The summed E-state index contributed by atoms with van der Waals surface area (Å²) < 4.78 is 22.4. The molecule has 0 spiro atoms. The van der Waals surface area contributed by atoms with Gasteiger partial charge in [-0.3, -0.25) is 19.2 Å². The van der Waals surface area contributed by atoms with Gasteiger partial charge >= 0.3 is 0 Å². The number of halogens is 1. The SMILES string of the molecule is COc1cc(-c2cnn(C3CCN(C(=O)C4CN(C(=O)/C=C/CN5CC[C@H](F)C5)C4)CC3)c2)cn2ncc(C#N)c12. The molecule has 0 N–H and O–H groups in total. The summed E-state index contributed by atoms with van der Waals surface area (Å²) in [6.45, 7) is 3.92. The van der Waals surface area contributed by atoms with E-state index >= 15 is 0 Å². The minimum absolute atomic E-state index is 0.0898. The van der Waals surface area contributed by atoms with Crippen LogP contribution in [-0.2, 0) is 9.59 Å². The zero-order chi connectivity index (χ0) is 28.5. The van der Waals surface area contributed by atoms with E-state index in [0.29, 0.717) is 62.5 Å². The summed E-state index contributed by atoms with van der Waals surface area (Å²) in [7, 11) is 1.57. The number of methoxy groups -OCH3 is 1. The molecule has 3 aromatic rings. The molecule has 3 aromatic heterocycles. The van der Waals surface area contributed by atoms with Crippen LogP contribution in [0.1, 0.15) is 30.9 Å². The molecule has 6 heterocycles. The van der Waals surface area contributed by atoms with Crippen LogP contribution < -0.4 is 4.74 Å². The summed E-state index contributed by atoms with van der Waals surface area (Å²) in [6, 6.07) is 4.21. The molecule has 0 radical (unpaired) electrons. The average Bonchev–Trinajstić information content (AvgIpc) is 3.71. The molecule has 3 aliphatic heterocycles. The van der Waals surface area contributed by atoms with Crippen molar-refractivity contribution in [1.82, 2.24) is 34.1 Å². The summed E-state index contributed by atoms with van der Waals surface area (Å²) in [4.78, 5) is 31.1.